The standard InChI is InChI=1S/C26H27N5OS/c1-5-15-30-18(3)16-23(19(30)4)24(32)17-33-26-29-28-25(21-11-13-27-14-12-21)31(26)22-9-7-20(6-2)8-10-22/h5,7-14,16H,1,6,15,17H2,2-4H3. The molecule has 0 aliphatic carbocycles. The Morgan fingerprint density at radius 2 is 1.82 bits per heavy atom. The maximum absolute atomic E-state index is 13.1. The van der Waals surface area contributed by atoms with Gasteiger partial charge in [-0.3, -0.25) is 14.3 Å². The first kappa shape index (κ1) is 22.7. The predicted molar refractivity (Wildman–Crippen MR) is 133 cm³/mol. The third-order valence-corrected chi connectivity index (χ3v) is 6.62. The first-order chi connectivity index (χ1) is 16.0. The van der Waals surface area contributed by atoms with Crippen molar-refractivity contribution >= 4 is 17.5 Å². The molecular weight excluding hydrogens is 430 g/mol. The molecule has 4 rings (SSSR count). The highest BCUT2D eigenvalue weighted by atomic mass is 32.2. The number of carbonyl (C=O) groups is 1. The molecule has 0 bridgehead atoms. The highest BCUT2D eigenvalue weighted by molar-refractivity contribution is 7.99. The van der Waals surface area contributed by atoms with E-state index in [1.165, 1.54) is 17.3 Å². The van der Waals surface area contributed by atoms with E-state index in [0.717, 1.165) is 40.4 Å². The molecule has 6 nitrogen and oxygen atoms in total. The molecule has 0 radical (unpaired) electrons. The van der Waals surface area contributed by atoms with E-state index in [0.29, 0.717) is 11.7 Å². The van der Waals surface area contributed by atoms with Crippen molar-refractivity contribution in [3.63, 3.8) is 0 Å². The van der Waals surface area contributed by atoms with Gasteiger partial charge in [-0.25, -0.2) is 0 Å². The van der Waals surface area contributed by atoms with Gasteiger partial charge in [0.05, 0.1) is 5.75 Å². The Labute approximate surface area is 198 Å². The summed E-state index contributed by atoms with van der Waals surface area (Å²) in [7, 11) is 0. The molecule has 0 amide bonds. The number of hydrogen-bond acceptors (Lipinski definition) is 5. The summed E-state index contributed by atoms with van der Waals surface area (Å²) in [5, 5.41) is 9.57. The van der Waals surface area contributed by atoms with E-state index < -0.39 is 0 Å². The number of allylic oxidation sites excluding steroid dienone is 1. The van der Waals surface area contributed by atoms with Crippen LogP contribution in [0, 0.1) is 13.8 Å². The molecule has 4 aromatic rings. The lowest BCUT2D eigenvalue weighted by Gasteiger charge is -2.11. The maximum Gasteiger partial charge on any atom is 0.196 e. The highest BCUT2D eigenvalue weighted by Gasteiger charge is 2.20. The minimum absolute atomic E-state index is 0.0738. The number of Topliss-reactive ketones (excluding diaryl/α,β-unsaturated/α-hetero) is 1. The smallest absolute Gasteiger partial charge is 0.196 e. The zero-order chi connectivity index (χ0) is 23.4. The molecule has 0 saturated carbocycles. The molecule has 7 heteroatoms. The second-order valence-corrected chi connectivity index (χ2v) is 8.74. The van der Waals surface area contributed by atoms with Gasteiger partial charge in [0.15, 0.2) is 16.8 Å². The Morgan fingerprint density at radius 3 is 2.48 bits per heavy atom. The molecule has 0 atom stereocenters. The van der Waals surface area contributed by atoms with E-state index in [9.17, 15) is 4.79 Å². The van der Waals surface area contributed by atoms with Gasteiger partial charge in [0.25, 0.3) is 0 Å². The van der Waals surface area contributed by atoms with Gasteiger partial charge >= 0.3 is 0 Å². The predicted octanol–water partition coefficient (Wildman–Crippen LogP) is 5.47. The van der Waals surface area contributed by atoms with Crippen LogP contribution in [0.25, 0.3) is 17.1 Å². The van der Waals surface area contributed by atoms with Gasteiger partial charge in [0, 0.05) is 47.1 Å². The molecule has 0 fully saturated rings. The Hall–Kier alpha value is -3.45. The van der Waals surface area contributed by atoms with E-state index >= 15 is 0 Å². The molecule has 0 spiro atoms. The number of nitrogens with zero attached hydrogens (tertiary/aromatic N) is 5. The second-order valence-electron chi connectivity index (χ2n) is 7.79. The monoisotopic (exact) mass is 457 g/mol. The summed E-state index contributed by atoms with van der Waals surface area (Å²) >= 11 is 1.40. The van der Waals surface area contributed by atoms with Gasteiger partial charge in [-0.1, -0.05) is 36.9 Å². The normalized spacial score (nSPS) is 11.0. The van der Waals surface area contributed by atoms with Crippen LogP contribution >= 0.6 is 11.8 Å². The molecular formula is C26H27N5OS. The van der Waals surface area contributed by atoms with Crippen molar-refractivity contribution in [2.24, 2.45) is 0 Å². The minimum Gasteiger partial charge on any atom is -0.345 e. The Kier molecular flexibility index (Phi) is 6.89. The third kappa shape index (κ3) is 4.68. The zero-order valence-electron chi connectivity index (χ0n) is 19.2. The van der Waals surface area contributed by atoms with E-state index in [-0.39, 0.29) is 11.5 Å². The summed E-state index contributed by atoms with van der Waals surface area (Å²) in [6.45, 7) is 10.6. The molecule has 0 N–H and O–H groups in total. The maximum atomic E-state index is 13.1. The minimum atomic E-state index is 0.0738. The van der Waals surface area contributed by atoms with Crippen LogP contribution < -0.4 is 0 Å². The molecule has 1 aromatic carbocycles. The van der Waals surface area contributed by atoms with Gasteiger partial charge in [-0.2, -0.15) is 0 Å². The van der Waals surface area contributed by atoms with Crippen LogP contribution in [-0.4, -0.2) is 35.9 Å². The lowest BCUT2D eigenvalue weighted by molar-refractivity contribution is 0.102. The molecule has 33 heavy (non-hydrogen) atoms. The number of aryl methyl sites for hydroxylation is 2. The molecule has 0 saturated heterocycles. The number of aromatic nitrogens is 5. The van der Waals surface area contributed by atoms with Gasteiger partial charge in [0.1, 0.15) is 0 Å². The van der Waals surface area contributed by atoms with Crippen LogP contribution in [0.3, 0.4) is 0 Å². The SMILES string of the molecule is C=CCn1c(C)cc(C(=O)CSc2nnc(-c3ccncc3)n2-c2ccc(CC)cc2)c1C. The summed E-state index contributed by atoms with van der Waals surface area (Å²) in [4.78, 5) is 17.2. The number of benzene rings is 1. The molecule has 3 heterocycles. The molecule has 0 aliphatic heterocycles. The van der Waals surface area contributed by atoms with Crippen molar-refractivity contribution in [1.82, 2.24) is 24.3 Å². The number of rotatable bonds is 9. The highest BCUT2D eigenvalue weighted by Crippen LogP contribution is 2.29. The van der Waals surface area contributed by atoms with Crippen LogP contribution in [0.4, 0.5) is 0 Å². The van der Waals surface area contributed by atoms with Crippen molar-refractivity contribution in [1.29, 1.82) is 0 Å². The number of carbonyl (C=O) groups excluding carboxylic acids is 1. The molecule has 0 aliphatic rings. The molecule has 0 unspecified atom stereocenters. The van der Waals surface area contributed by atoms with Crippen LogP contribution in [0.1, 0.15) is 34.2 Å². The van der Waals surface area contributed by atoms with E-state index in [4.69, 9.17) is 0 Å². The van der Waals surface area contributed by atoms with Crippen LogP contribution in [0.15, 0.2) is 72.7 Å². The summed E-state index contributed by atoms with van der Waals surface area (Å²) in [6, 6.07) is 14.1. The summed E-state index contributed by atoms with van der Waals surface area (Å²) in [5.41, 5.74) is 5.91. The van der Waals surface area contributed by atoms with Crippen molar-refractivity contribution in [3.05, 3.63) is 90.0 Å². The number of pyridine rings is 1. The Balaban J connectivity index is 1.65. The van der Waals surface area contributed by atoms with E-state index in [2.05, 4.69) is 57.5 Å². The summed E-state index contributed by atoms with van der Waals surface area (Å²) in [5.74, 6) is 1.07. The average molecular weight is 458 g/mol. The summed E-state index contributed by atoms with van der Waals surface area (Å²) < 4.78 is 4.11. The van der Waals surface area contributed by atoms with Crippen molar-refractivity contribution < 1.29 is 4.79 Å². The fourth-order valence-electron chi connectivity index (χ4n) is 3.87. The largest absolute Gasteiger partial charge is 0.345 e. The second kappa shape index (κ2) is 10.0. The molecule has 3 aromatic heterocycles. The van der Waals surface area contributed by atoms with Crippen LogP contribution in [-0.2, 0) is 13.0 Å². The van der Waals surface area contributed by atoms with Crippen molar-refractivity contribution in [2.45, 2.75) is 38.9 Å². The third-order valence-electron chi connectivity index (χ3n) is 5.69. The number of hydrogen-bond donors (Lipinski definition) is 0. The average Bonchev–Trinajstić information content (AvgIpc) is 3.40. The van der Waals surface area contributed by atoms with Gasteiger partial charge < -0.3 is 4.57 Å². The Bertz CT molecular complexity index is 1270. The lowest BCUT2D eigenvalue weighted by Crippen LogP contribution is -2.07. The fraction of sp³-hybridized carbons (Fsp3) is 0.231. The quantitative estimate of drug-likeness (QED) is 0.189. The topological polar surface area (TPSA) is 65.6 Å². The van der Waals surface area contributed by atoms with Crippen molar-refractivity contribution in [2.75, 3.05) is 5.75 Å². The van der Waals surface area contributed by atoms with Crippen LogP contribution in [0.2, 0.25) is 0 Å². The first-order valence-corrected chi connectivity index (χ1v) is 11.9. The lowest BCUT2D eigenvalue weighted by atomic mass is 10.1. The zero-order valence-corrected chi connectivity index (χ0v) is 20.0. The first-order valence-electron chi connectivity index (χ1n) is 10.9. The number of ketones is 1. The molecule has 168 valence electrons. The Morgan fingerprint density at radius 1 is 1.09 bits per heavy atom. The van der Waals surface area contributed by atoms with Crippen LogP contribution in [0.5, 0.6) is 0 Å². The van der Waals surface area contributed by atoms with E-state index in [1.54, 1.807) is 12.4 Å². The van der Waals surface area contributed by atoms with Gasteiger partial charge in [-0.15, -0.1) is 16.8 Å². The number of thioether (sulfide) groups is 1. The summed E-state index contributed by atoms with van der Waals surface area (Å²) in [6.07, 6.45) is 6.30. The van der Waals surface area contributed by atoms with Crippen molar-refractivity contribution in [3.8, 4) is 17.1 Å². The van der Waals surface area contributed by atoms with Gasteiger partial charge in [0.2, 0.25) is 0 Å². The fourth-order valence-corrected chi connectivity index (χ4v) is 4.70. The van der Waals surface area contributed by atoms with Gasteiger partial charge in [-0.05, 0) is 56.2 Å². The van der Waals surface area contributed by atoms with E-state index in [1.807, 2.05) is 42.7 Å².